The van der Waals surface area contributed by atoms with Crippen molar-refractivity contribution in [2.75, 3.05) is 13.1 Å². The van der Waals surface area contributed by atoms with E-state index in [4.69, 9.17) is 4.42 Å². The van der Waals surface area contributed by atoms with Gasteiger partial charge in [-0.25, -0.2) is 4.98 Å². The molecule has 0 radical (unpaired) electrons. The van der Waals surface area contributed by atoms with Crippen molar-refractivity contribution in [1.29, 1.82) is 0 Å². The average molecular weight is 379 g/mol. The molecule has 0 bridgehead atoms. The zero-order valence-corrected chi connectivity index (χ0v) is 16.5. The van der Waals surface area contributed by atoms with Gasteiger partial charge in [0.15, 0.2) is 5.89 Å². The van der Waals surface area contributed by atoms with Crippen molar-refractivity contribution in [3.8, 4) is 5.69 Å². The van der Waals surface area contributed by atoms with Crippen LogP contribution in [0, 0.1) is 0 Å². The molecule has 4 rings (SSSR count). The molecule has 7 heteroatoms. The Balaban J connectivity index is 1.56. The maximum atomic E-state index is 13.3. The summed E-state index contributed by atoms with van der Waals surface area (Å²) in [4.78, 5) is 21.1. The lowest BCUT2D eigenvalue weighted by molar-refractivity contribution is 0.0697. The van der Waals surface area contributed by atoms with Crippen LogP contribution in [-0.2, 0) is 5.41 Å². The topological polar surface area (TPSA) is 77.1 Å². The molecule has 1 amide bonds. The molecule has 1 aliphatic rings. The molecule has 0 spiro atoms. The van der Waals surface area contributed by atoms with Gasteiger partial charge in [-0.2, -0.15) is 15.0 Å². The molecule has 1 aliphatic heterocycles. The Morgan fingerprint density at radius 1 is 1.18 bits per heavy atom. The van der Waals surface area contributed by atoms with Crippen molar-refractivity contribution in [3.63, 3.8) is 0 Å². The monoisotopic (exact) mass is 379 g/mol. The predicted molar refractivity (Wildman–Crippen MR) is 104 cm³/mol. The van der Waals surface area contributed by atoms with Crippen LogP contribution in [0.3, 0.4) is 0 Å². The third-order valence-electron chi connectivity index (χ3n) is 5.09. The molecule has 1 fully saturated rings. The summed E-state index contributed by atoms with van der Waals surface area (Å²) in [6, 6.07) is 7.44. The number of rotatable bonds is 3. The van der Waals surface area contributed by atoms with Gasteiger partial charge in [-0.15, -0.1) is 0 Å². The molecule has 0 aliphatic carbocycles. The zero-order valence-electron chi connectivity index (χ0n) is 16.5. The number of piperidine rings is 1. The number of benzene rings is 1. The standard InChI is InChI=1S/C21H25N5O2/c1-21(2,3)18-13-22-19(28-18)15-7-6-12-25(14-15)20(27)16-8-4-5-9-17(16)26-23-10-11-24-26/h4-5,8-11,13,15H,6-7,12,14H2,1-3H3. The number of oxazole rings is 1. The third-order valence-corrected chi connectivity index (χ3v) is 5.09. The van der Waals surface area contributed by atoms with Gasteiger partial charge in [0.25, 0.3) is 5.91 Å². The maximum Gasteiger partial charge on any atom is 0.256 e. The Kier molecular flexibility index (Phi) is 4.75. The van der Waals surface area contributed by atoms with Gasteiger partial charge in [-0.1, -0.05) is 32.9 Å². The smallest absolute Gasteiger partial charge is 0.256 e. The molecular formula is C21H25N5O2. The molecule has 0 N–H and O–H groups in total. The van der Waals surface area contributed by atoms with Gasteiger partial charge >= 0.3 is 0 Å². The Morgan fingerprint density at radius 3 is 2.64 bits per heavy atom. The highest BCUT2D eigenvalue weighted by atomic mass is 16.4. The minimum atomic E-state index is -0.0782. The molecule has 0 saturated carbocycles. The highest BCUT2D eigenvalue weighted by Crippen LogP contribution is 2.31. The second-order valence-electron chi connectivity index (χ2n) is 8.24. The fraction of sp³-hybridized carbons (Fsp3) is 0.429. The largest absolute Gasteiger partial charge is 0.445 e. The molecule has 2 aromatic heterocycles. The second kappa shape index (κ2) is 7.22. The van der Waals surface area contributed by atoms with Crippen LogP contribution in [-0.4, -0.2) is 43.9 Å². The Hall–Kier alpha value is -2.96. The van der Waals surface area contributed by atoms with Crippen LogP contribution in [0.15, 0.2) is 47.3 Å². The third kappa shape index (κ3) is 3.56. The van der Waals surface area contributed by atoms with E-state index >= 15 is 0 Å². The van der Waals surface area contributed by atoms with Gasteiger partial charge in [-0.3, -0.25) is 4.79 Å². The number of carbonyl (C=O) groups is 1. The SMILES string of the molecule is CC(C)(C)c1cnc(C2CCCN(C(=O)c3ccccc3-n3nccn3)C2)o1. The van der Waals surface area contributed by atoms with Crippen LogP contribution in [0.1, 0.15) is 61.5 Å². The van der Waals surface area contributed by atoms with E-state index in [1.807, 2.05) is 35.4 Å². The molecule has 1 unspecified atom stereocenters. The molecule has 7 nitrogen and oxygen atoms in total. The number of hydrogen-bond acceptors (Lipinski definition) is 5. The molecule has 3 heterocycles. The van der Waals surface area contributed by atoms with E-state index in [-0.39, 0.29) is 17.2 Å². The van der Waals surface area contributed by atoms with E-state index in [0.29, 0.717) is 17.8 Å². The first kappa shape index (κ1) is 18.4. The second-order valence-corrected chi connectivity index (χ2v) is 8.24. The number of para-hydroxylation sites is 1. The number of aromatic nitrogens is 4. The molecule has 28 heavy (non-hydrogen) atoms. The van der Waals surface area contributed by atoms with Gasteiger partial charge in [0.2, 0.25) is 0 Å². The van der Waals surface area contributed by atoms with Crippen LogP contribution in [0.4, 0.5) is 0 Å². The summed E-state index contributed by atoms with van der Waals surface area (Å²) in [6.45, 7) is 7.64. The van der Waals surface area contributed by atoms with Crippen molar-refractivity contribution >= 4 is 5.91 Å². The van der Waals surface area contributed by atoms with Crippen molar-refractivity contribution in [2.24, 2.45) is 0 Å². The summed E-state index contributed by atoms with van der Waals surface area (Å²) >= 11 is 0. The molecule has 1 atom stereocenters. The van der Waals surface area contributed by atoms with Gasteiger partial charge in [-0.05, 0) is 25.0 Å². The molecular weight excluding hydrogens is 354 g/mol. The summed E-state index contributed by atoms with van der Waals surface area (Å²) in [6.07, 6.45) is 6.91. The first-order valence-corrected chi connectivity index (χ1v) is 9.64. The number of nitrogens with zero attached hydrogens (tertiary/aromatic N) is 5. The van der Waals surface area contributed by atoms with E-state index in [0.717, 1.165) is 31.0 Å². The van der Waals surface area contributed by atoms with Gasteiger partial charge < -0.3 is 9.32 Å². The van der Waals surface area contributed by atoms with Gasteiger partial charge in [0.05, 0.1) is 35.8 Å². The van der Waals surface area contributed by atoms with Gasteiger partial charge in [0.1, 0.15) is 5.76 Å². The average Bonchev–Trinajstić information content (AvgIpc) is 3.39. The number of carbonyl (C=O) groups excluding carboxylic acids is 1. The Labute approximate surface area is 164 Å². The number of hydrogen-bond donors (Lipinski definition) is 0. The molecule has 3 aromatic rings. The van der Waals surface area contributed by atoms with Crippen molar-refractivity contribution in [2.45, 2.75) is 44.9 Å². The van der Waals surface area contributed by atoms with Crippen molar-refractivity contribution < 1.29 is 9.21 Å². The van der Waals surface area contributed by atoms with Crippen LogP contribution in [0.2, 0.25) is 0 Å². The summed E-state index contributed by atoms with van der Waals surface area (Å²) in [5, 5.41) is 8.35. The van der Waals surface area contributed by atoms with E-state index in [1.54, 1.807) is 12.4 Å². The van der Waals surface area contributed by atoms with Crippen molar-refractivity contribution in [1.82, 2.24) is 24.9 Å². The quantitative estimate of drug-likeness (QED) is 0.695. The van der Waals surface area contributed by atoms with Crippen LogP contribution in [0.25, 0.3) is 5.69 Å². The Bertz CT molecular complexity index is 955. The van der Waals surface area contributed by atoms with Crippen LogP contribution < -0.4 is 0 Å². The minimum Gasteiger partial charge on any atom is -0.445 e. The zero-order chi connectivity index (χ0) is 19.7. The first-order chi connectivity index (χ1) is 13.4. The van der Waals surface area contributed by atoms with E-state index in [9.17, 15) is 4.79 Å². The predicted octanol–water partition coefficient (Wildman–Crippen LogP) is 3.57. The summed E-state index contributed by atoms with van der Waals surface area (Å²) < 4.78 is 6.03. The molecule has 1 aromatic carbocycles. The lowest BCUT2D eigenvalue weighted by atomic mass is 9.94. The maximum absolute atomic E-state index is 13.3. The number of amides is 1. The lowest BCUT2D eigenvalue weighted by Crippen LogP contribution is -2.39. The van der Waals surface area contributed by atoms with Crippen LogP contribution in [0.5, 0.6) is 0 Å². The van der Waals surface area contributed by atoms with E-state index in [1.165, 1.54) is 4.80 Å². The summed E-state index contributed by atoms with van der Waals surface area (Å²) in [7, 11) is 0. The summed E-state index contributed by atoms with van der Waals surface area (Å²) in [5.74, 6) is 1.70. The Morgan fingerprint density at radius 2 is 1.93 bits per heavy atom. The van der Waals surface area contributed by atoms with Crippen molar-refractivity contribution in [3.05, 3.63) is 60.1 Å². The normalized spacial score (nSPS) is 17.7. The highest BCUT2D eigenvalue weighted by molar-refractivity contribution is 5.97. The highest BCUT2D eigenvalue weighted by Gasteiger charge is 2.30. The lowest BCUT2D eigenvalue weighted by Gasteiger charge is -2.31. The fourth-order valence-electron chi connectivity index (χ4n) is 3.53. The molecule has 146 valence electrons. The summed E-state index contributed by atoms with van der Waals surface area (Å²) in [5.41, 5.74) is 1.21. The van der Waals surface area contributed by atoms with E-state index < -0.39 is 0 Å². The van der Waals surface area contributed by atoms with Gasteiger partial charge in [0, 0.05) is 18.5 Å². The molecule has 1 saturated heterocycles. The fourth-order valence-corrected chi connectivity index (χ4v) is 3.53. The number of likely N-dealkylation sites (tertiary alicyclic amines) is 1. The minimum absolute atomic E-state index is 0.0137. The van der Waals surface area contributed by atoms with Crippen LogP contribution >= 0.6 is 0 Å². The van der Waals surface area contributed by atoms with E-state index in [2.05, 4.69) is 36.0 Å². The first-order valence-electron chi connectivity index (χ1n) is 9.64.